The van der Waals surface area contributed by atoms with Crippen LogP contribution < -0.4 is 15.5 Å². The fourth-order valence-electron chi connectivity index (χ4n) is 2.61. The third-order valence-electron chi connectivity index (χ3n) is 4.07. The smallest absolute Gasteiger partial charge is 0.238 e. The van der Waals surface area contributed by atoms with Gasteiger partial charge in [0.15, 0.2) is 0 Å². The van der Waals surface area contributed by atoms with Crippen molar-refractivity contribution in [3.63, 3.8) is 0 Å². The Morgan fingerprint density at radius 2 is 1.96 bits per heavy atom. The summed E-state index contributed by atoms with van der Waals surface area (Å²) in [6, 6.07) is 13.3. The molecule has 5 nitrogen and oxygen atoms in total. The molecule has 0 aromatic heterocycles. The normalized spacial score (nSPS) is 15.8. The predicted molar refractivity (Wildman–Crippen MR) is 107 cm³/mol. The largest absolute Gasteiger partial charge is 0.378 e. The molecule has 0 spiro atoms. The number of carbonyl (C=O) groups excluding carboxylic acids is 2. The summed E-state index contributed by atoms with van der Waals surface area (Å²) in [5, 5.41) is 5.83. The molecule has 0 aliphatic carbocycles. The average Bonchev–Trinajstić information content (AvgIpc) is 2.61. The molecule has 2 amide bonds. The monoisotopic (exact) mass is 389 g/mol. The number of fused-ring (bicyclic) bond motifs is 1. The number of rotatable bonds is 5. The summed E-state index contributed by atoms with van der Waals surface area (Å²) >= 11 is 7.34. The highest BCUT2D eigenvalue weighted by atomic mass is 35.5. The molecule has 136 valence electrons. The summed E-state index contributed by atoms with van der Waals surface area (Å²) in [4.78, 5) is 27.4. The second kappa shape index (κ2) is 8.01. The summed E-state index contributed by atoms with van der Waals surface area (Å²) in [7, 11) is 3.96. The van der Waals surface area contributed by atoms with Crippen molar-refractivity contribution >= 4 is 46.6 Å². The summed E-state index contributed by atoms with van der Waals surface area (Å²) in [5.41, 5.74) is 2.82. The van der Waals surface area contributed by atoms with E-state index in [-0.39, 0.29) is 18.2 Å². The van der Waals surface area contributed by atoms with Gasteiger partial charge in [0.25, 0.3) is 0 Å². The Labute approximate surface area is 162 Å². The number of nitrogens with zero attached hydrogens (tertiary/aromatic N) is 1. The van der Waals surface area contributed by atoms with Crippen molar-refractivity contribution in [3.05, 3.63) is 53.1 Å². The van der Waals surface area contributed by atoms with Crippen LogP contribution in [0.15, 0.2) is 47.4 Å². The van der Waals surface area contributed by atoms with Gasteiger partial charge in [-0.3, -0.25) is 9.59 Å². The number of hydrogen-bond donors (Lipinski definition) is 2. The maximum atomic E-state index is 12.2. The van der Waals surface area contributed by atoms with Crippen LogP contribution >= 0.6 is 23.4 Å². The van der Waals surface area contributed by atoms with Crippen LogP contribution in [-0.2, 0) is 16.1 Å². The van der Waals surface area contributed by atoms with E-state index in [1.54, 1.807) is 12.1 Å². The third kappa shape index (κ3) is 4.51. The number of halogens is 1. The fraction of sp³-hybridized carbons (Fsp3) is 0.263. The van der Waals surface area contributed by atoms with Gasteiger partial charge >= 0.3 is 0 Å². The lowest BCUT2D eigenvalue weighted by Gasteiger charge is -2.23. The second-order valence-corrected chi connectivity index (χ2v) is 7.96. The van der Waals surface area contributed by atoms with Crippen LogP contribution in [0.1, 0.15) is 12.0 Å². The Morgan fingerprint density at radius 3 is 2.65 bits per heavy atom. The minimum Gasteiger partial charge on any atom is -0.378 e. The van der Waals surface area contributed by atoms with E-state index in [0.717, 1.165) is 16.1 Å². The van der Waals surface area contributed by atoms with Crippen LogP contribution in [0, 0.1) is 0 Å². The molecule has 0 saturated carbocycles. The van der Waals surface area contributed by atoms with Crippen molar-refractivity contribution in [1.82, 2.24) is 5.32 Å². The minimum absolute atomic E-state index is 0.133. The zero-order valence-electron chi connectivity index (χ0n) is 14.6. The van der Waals surface area contributed by atoms with Gasteiger partial charge in [-0.25, -0.2) is 0 Å². The van der Waals surface area contributed by atoms with Gasteiger partial charge in [0.2, 0.25) is 11.8 Å². The first-order chi connectivity index (χ1) is 12.4. The van der Waals surface area contributed by atoms with Crippen LogP contribution in [-0.4, -0.2) is 31.2 Å². The van der Waals surface area contributed by atoms with E-state index in [1.807, 2.05) is 49.3 Å². The number of anilines is 2. The van der Waals surface area contributed by atoms with Crippen LogP contribution in [0.2, 0.25) is 5.02 Å². The predicted octanol–water partition coefficient (Wildman–Crippen LogP) is 3.53. The highest BCUT2D eigenvalue weighted by molar-refractivity contribution is 8.01. The van der Waals surface area contributed by atoms with E-state index in [4.69, 9.17) is 11.6 Å². The molecule has 1 aliphatic heterocycles. The van der Waals surface area contributed by atoms with Gasteiger partial charge in [-0.2, -0.15) is 0 Å². The quantitative estimate of drug-likeness (QED) is 0.821. The molecule has 0 bridgehead atoms. The standard InChI is InChI=1S/C19H20ClN3O2S/c1-23(2)14-6-3-12(4-7-14)11-21-18(24)10-17-19(25)22-15-9-13(20)5-8-16(15)26-17/h3-9,17H,10-11H2,1-2H3,(H,21,24)(H,22,25). The molecule has 0 radical (unpaired) electrons. The van der Waals surface area contributed by atoms with Crippen molar-refractivity contribution < 1.29 is 9.59 Å². The molecule has 2 aromatic rings. The molecule has 2 N–H and O–H groups in total. The number of carbonyl (C=O) groups is 2. The van der Waals surface area contributed by atoms with E-state index in [2.05, 4.69) is 10.6 Å². The lowest BCUT2D eigenvalue weighted by molar-refractivity contribution is -0.124. The van der Waals surface area contributed by atoms with Gasteiger partial charge in [0.1, 0.15) is 0 Å². The molecule has 1 aliphatic rings. The minimum atomic E-state index is -0.445. The second-order valence-electron chi connectivity index (χ2n) is 6.28. The van der Waals surface area contributed by atoms with E-state index in [0.29, 0.717) is 17.3 Å². The number of amides is 2. The lowest BCUT2D eigenvalue weighted by Crippen LogP contribution is -2.34. The zero-order chi connectivity index (χ0) is 18.7. The third-order valence-corrected chi connectivity index (χ3v) is 5.58. The molecular formula is C19H20ClN3O2S. The summed E-state index contributed by atoms with van der Waals surface area (Å²) in [6.45, 7) is 0.442. The molecule has 0 fully saturated rings. The summed E-state index contributed by atoms with van der Waals surface area (Å²) in [5.74, 6) is -0.318. The van der Waals surface area contributed by atoms with Gasteiger partial charge in [0, 0.05) is 42.7 Å². The van der Waals surface area contributed by atoms with Crippen molar-refractivity contribution in [3.8, 4) is 0 Å². The molecule has 3 rings (SSSR count). The van der Waals surface area contributed by atoms with Crippen molar-refractivity contribution in [2.24, 2.45) is 0 Å². The maximum Gasteiger partial charge on any atom is 0.238 e. The lowest BCUT2D eigenvalue weighted by atomic mass is 10.2. The topological polar surface area (TPSA) is 61.4 Å². The van der Waals surface area contributed by atoms with Gasteiger partial charge < -0.3 is 15.5 Å². The van der Waals surface area contributed by atoms with Gasteiger partial charge in [-0.05, 0) is 35.9 Å². The molecule has 1 unspecified atom stereocenters. The Balaban J connectivity index is 1.55. The fourth-order valence-corrected chi connectivity index (χ4v) is 3.87. The Hall–Kier alpha value is -2.18. The number of hydrogen-bond acceptors (Lipinski definition) is 4. The van der Waals surface area contributed by atoms with Crippen molar-refractivity contribution in [2.45, 2.75) is 23.1 Å². The molecular weight excluding hydrogens is 370 g/mol. The first-order valence-corrected chi connectivity index (χ1v) is 9.48. The van der Waals surface area contributed by atoms with Gasteiger partial charge in [-0.15, -0.1) is 11.8 Å². The number of thioether (sulfide) groups is 1. The van der Waals surface area contributed by atoms with E-state index < -0.39 is 5.25 Å². The highest BCUT2D eigenvalue weighted by Gasteiger charge is 2.29. The van der Waals surface area contributed by atoms with Crippen molar-refractivity contribution in [1.29, 1.82) is 0 Å². The Morgan fingerprint density at radius 1 is 1.23 bits per heavy atom. The molecule has 1 atom stereocenters. The maximum absolute atomic E-state index is 12.2. The van der Waals surface area contributed by atoms with Gasteiger partial charge in [-0.1, -0.05) is 23.7 Å². The first-order valence-electron chi connectivity index (χ1n) is 8.22. The highest BCUT2D eigenvalue weighted by Crippen LogP contribution is 2.38. The van der Waals surface area contributed by atoms with Crippen molar-refractivity contribution in [2.75, 3.05) is 24.3 Å². The summed E-state index contributed by atoms with van der Waals surface area (Å²) in [6.07, 6.45) is 0.133. The van der Waals surface area contributed by atoms with Crippen LogP contribution in [0.5, 0.6) is 0 Å². The molecule has 0 saturated heterocycles. The number of nitrogens with one attached hydrogen (secondary N) is 2. The van der Waals surface area contributed by atoms with E-state index >= 15 is 0 Å². The zero-order valence-corrected chi connectivity index (χ0v) is 16.2. The average molecular weight is 390 g/mol. The molecule has 7 heteroatoms. The first kappa shape index (κ1) is 18.6. The molecule has 1 heterocycles. The molecule has 2 aromatic carbocycles. The van der Waals surface area contributed by atoms with E-state index in [9.17, 15) is 9.59 Å². The van der Waals surface area contributed by atoms with E-state index in [1.165, 1.54) is 11.8 Å². The molecule has 26 heavy (non-hydrogen) atoms. The Kier molecular flexibility index (Phi) is 5.74. The van der Waals surface area contributed by atoms with Crippen LogP contribution in [0.3, 0.4) is 0 Å². The number of benzene rings is 2. The Bertz CT molecular complexity index is 824. The SMILES string of the molecule is CN(C)c1ccc(CNC(=O)CC2Sc3ccc(Cl)cc3NC2=O)cc1. The van der Waals surface area contributed by atoms with Crippen LogP contribution in [0.4, 0.5) is 11.4 Å². The summed E-state index contributed by atoms with van der Waals surface area (Å²) < 4.78 is 0. The van der Waals surface area contributed by atoms with Crippen LogP contribution in [0.25, 0.3) is 0 Å². The van der Waals surface area contributed by atoms with Gasteiger partial charge in [0.05, 0.1) is 10.9 Å².